The van der Waals surface area contributed by atoms with Gasteiger partial charge in [0.2, 0.25) is 5.91 Å². The normalized spacial score (nSPS) is 11.1. The number of carbonyl (C=O) groups excluding carboxylic acids is 1. The van der Waals surface area contributed by atoms with Gasteiger partial charge in [-0.05, 0) is 30.7 Å². The summed E-state index contributed by atoms with van der Waals surface area (Å²) in [5, 5.41) is 4.71. The molecule has 0 saturated carbocycles. The van der Waals surface area contributed by atoms with Crippen molar-refractivity contribution >= 4 is 61.4 Å². The molecule has 5 nitrogen and oxygen atoms in total. The molecule has 0 N–H and O–H groups in total. The van der Waals surface area contributed by atoms with Crippen molar-refractivity contribution in [3.63, 3.8) is 0 Å². The van der Waals surface area contributed by atoms with Crippen molar-refractivity contribution in [1.29, 1.82) is 0 Å². The first-order valence-electron chi connectivity index (χ1n) is 10.3. The number of para-hydroxylation sites is 1. The predicted octanol–water partition coefficient (Wildman–Crippen LogP) is 7.10. The van der Waals surface area contributed by atoms with Gasteiger partial charge >= 0.3 is 0 Å². The van der Waals surface area contributed by atoms with Crippen LogP contribution < -0.4 is 4.90 Å². The lowest BCUT2D eigenvalue weighted by Crippen LogP contribution is -2.22. The molecule has 3 heterocycles. The van der Waals surface area contributed by atoms with E-state index in [1.807, 2.05) is 60.8 Å². The van der Waals surface area contributed by atoms with Crippen molar-refractivity contribution in [2.45, 2.75) is 24.6 Å². The van der Waals surface area contributed by atoms with Gasteiger partial charge < -0.3 is 0 Å². The number of rotatable bonds is 6. The third-order valence-corrected chi connectivity index (χ3v) is 7.92. The van der Waals surface area contributed by atoms with E-state index < -0.39 is 0 Å². The third-order valence-electron chi connectivity index (χ3n) is 4.94. The summed E-state index contributed by atoms with van der Waals surface area (Å²) in [7, 11) is 0. The predicted molar refractivity (Wildman–Crippen MR) is 139 cm³/mol. The molecule has 0 saturated heterocycles. The van der Waals surface area contributed by atoms with Crippen molar-refractivity contribution in [2.75, 3.05) is 4.90 Å². The summed E-state index contributed by atoms with van der Waals surface area (Å²) < 4.78 is 0. The van der Waals surface area contributed by atoms with Gasteiger partial charge in [0.15, 0.2) is 5.13 Å². The van der Waals surface area contributed by atoms with Crippen LogP contribution in [0.3, 0.4) is 0 Å². The third kappa shape index (κ3) is 4.68. The van der Waals surface area contributed by atoms with Crippen LogP contribution in [0, 0.1) is 6.92 Å². The second-order valence-corrected chi connectivity index (χ2v) is 10.2. The van der Waals surface area contributed by atoms with E-state index in [-0.39, 0.29) is 5.91 Å². The van der Waals surface area contributed by atoms with Crippen LogP contribution in [-0.4, -0.2) is 20.9 Å². The Balaban J connectivity index is 1.40. The van der Waals surface area contributed by atoms with E-state index in [2.05, 4.69) is 23.2 Å². The zero-order valence-electron chi connectivity index (χ0n) is 18.1. The molecule has 33 heavy (non-hydrogen) atoms. The Kier molecular flexibility index (Phi) is 6.22. The molecule has 1 amide bonds. The maximum absolute atomic E-state index is 12.3. The molecule has 0 fully saturated rings. The number of hydrogen-bond acceptors (Lipinski definition) is 7. The number of fused-ring (bicyclic) bond motifs is 1. The standard InChI is InChI=1S/C25H20N4OS3/c1-16-26-23(21-13-22(33-24(21)27-16)18-9-5-3-6-10-18)31-14-19-15-32-25(28-19)29(17(2)30)20-11-7-4-8-12-20/h3-13,15H,14H2,1-2H3. The number of thiazole rings is 1. The highest BCUT2D eigenvalue weighted by Gasteiger charge is 2.18. The lowest BCUT2D eigenvalue weighted by molar-refractivity contribution is -0.115. The molecule has 0 spiro atoms. The van der Waals surface area contributed by atoms with Gasteiger partial charge in [0.1, 0.15) is 15.7 Å². The van der Waals surface area contributed by atoms with E-state index in [4.69, 9.17) is 9.97 Å². The molecular weight excluding hydrogens is 469 g/mol. The highest BCUT2D eigenvalue weighted by molar-refractivity contribution is 7.98. The number of thiophene rings is 1. The Labute approximate surface area is 204 Å². The maximum Gasteiger partial charge on any atom is 0.230 e. The summed E-state index contributed by atoms with van der Waals surface area (Å²) in [6, 6.07) is 22.1. The molecule has 2 aromatic carbocycles. The van der Waals surface area contributed by atoms with Crippen LogP contribution in [0.1, 0.15) is 18.4 Å². The average Bonchev–Trinajstić information content (AvgIpc) is 3.46. The second kappa shape index (κ2) is 9.43. The quantitative estimate of drug-likeness (QED) is 0.188. The monoisotopic (exact) mass is 488 g/mol. The molecule has 0 aliphatic heterocycles. The van der Waals surface area contributed by atoms with Crippen LogP contribution >= 0.6 is 34.4 Å². The van der Waals surface area contributed by atoms with E-state index in [1.54, 1.807) is 34.9 Å². The molecule has 0 unspecified atom stereocenters. The SMILES string of the molecule is CC(=O)N(c1ccccc1)c1nc(CSc2nc(C)nc3sc(-c4ccccc4)cc23)cs1. The number of aromatic nitrogens is 3. The summed E-state index contributed by atoms with van der Waals surface area (Å²) in [4.78, 5) is 30.2. The summed E-state index contributed by atoms with van der Waals surface area (Å²) in [6.07, 6.45) is 0. The molecule has 5 rings (SSSR count). The molecule has 0 atom stereocenters. The molecule has 3 aromatic heterocycles. The van der Waals surface area contributed by atoms with Crippen molar-refractivity contribution in [2.24, 2.45) is 0 Å². The van der Waals surface area contributed by atoms with Crippen molar-refractivity contribution in [3.8, 4) is 10.4 Å². The van der Waals surface area contributed by atoms with Gasteiger partial charge in [0.05, 0.1) is 11.4 Å². The largest absolute Gasteiger partial charge is 0.274 e. The summed E-state index contributed by atoms with van der Waals surface area (Å²) >= 11 is 4.81. The van der Waals surface area contributed by atoms with Crippen molar-refractivity contribution < 1.29 is 4.79 Å². The van der Waals surface area contributed by atoms with Gasteiger partial charge in [-0.15, -0.1) is 22.7 Å². The fraction of sp³-hybridized carbons (Fsp3) is 0.120. The first-order chi connectivity index (χ1) is 16.1. The first kappa shape index (κ1) is 21.8. The molecule has 5 aromatic rings. The number of amides is 1. The Morgan fingerprint density at radius 3 is 2.45 bits per heavy atom. The molecule has 0 aliphatic carbocycles. The number of carbonyl (C=O) groups is 1. The van der Waals surface area contributed by atoms with Crippen LogP contribution in [0.2, 0.25) is 0 Å². The van der Waals surface area contributed by atoms with Gasteiger partial charge in [-0.1, -0.05) is 60.3 Å². The topological polar surface area (TPSA) is 59.0 Å². The van der Waals surface area contributed by atoms with E-state index in [1.165, 1.54) is 21.8 Å². The average molecular weight is 489 g/mol. The maximum atomic E-state index is 12.3. The number of hydrogen-bond donors (Lipinski definition) is 0. The lowest BCUT2D eigenvalue weighted by atomic mass is 10.2. The summed E-state index contributed by atoms with van der Waals surface area (Å²) in [5.74, 6) is 1.37. The molecule has 0 bridgehead atoms. The molecule has 0 aliphatic rings. The van der Waals surface area contributed by atoms with Crippen LogP contribution in [0.25, 0.3) is 20.7 Å². The number of anilines is 2. The van der Waals surface area contributed by atoms with Crippen molar-refractivity contribution in [3.05, 3.63) is 83.6 Å². The Bertz CT molecular complexity index is 1410. The van der Waals surface area contributed by atoms with Gasteiger partial charge in [-0.3, -0.25) is 9.69 Å². The fourth-order valence-corrected chi connectivity index (χ4v) is 6.54. The molecule has 164 valence electrons. The van der Waals surface area contributed by atoms with Gasteiger partial charge in [-0.25, -0.2) is 15.0 Å². The minimum Gasteiger partial charge on any atom is -0.274 e. The van der Waals surface area contributed by atoms with Gasteiger partial charge in [-0.2, -0.15) is 0 Å². The first-order valence-corrected chi connectivity index (χ1v) is 13.0. The Hall–Kier alpha value is -3.07. The van der Waals surface area contributed by atoms with Crippen LogP contribution in [0.5, 0.6) is 0 Å². The summed E-state index contributed by atoms with van der Waals surface area (Å²) in [5.41, 5.74) is 2.92. The van der Waals surface area contributed by atoms with E-state index in [0.29, 0.717) is 10.9 Å². The van der Waals surface area contributed by atoms with Crippen LogP contribution in [0.15, 0.2) is 77.1 Å². The number of thioether (sulfide) groups is 1. The zero-order valence-corrected chi connectivity index (χ0v) is 20.5. The molecule has 8 heteroatoms. The second-order valence-electron chi connectivity index (χ2n) is 7.37. The Morgan fingerprint density at radius 2 is 1.73 bits per heavy atom. The van der Waals surface area contributed by atoms with E-state index in [9.17, 15) is 4.79 Å². The van der Waals surface area contributed by atoms with Crippen LogP contribution in [-0.2, 0) is 10.5 Å². The zero-order chi connectivity index (χ0) is 22.8. The minimum absolute atomic E-state index is 0.0606. The van der Waals surface area contributed by atoms with Gasteiger partial charge in [0.25, 0.3) is 0 Å². The number of aryl methyl sites for hydroxylation is 1. The number of nitrogens with zero attached hydrogens (tertiary/aromatic N) is 4. The number of benzene rings is 2. The van der Waals surface area contributed by atoms with E-state index in [0.717, 1.165) is 32.4 Å². The summed E-state index contributed by atoms with van der Waals surface area (Å²) in [6.45, 7) is 3.49. The van der Waals surface area contributed by atoms with Crippen LogP contribution in [0.4, 0.5) is 10.8 Å². The minimum atomic E-state index is -0.0606. The van der Waals surface area contributed by atoms with E-state index >= 15 is 0 Å². The molecule has 0 radical (unpaired) electrons. The lowest BCUT2D eigenvalue weighted by Gasteiger charge is -2.17. The highest BCUT2D eigenvalue weighted by atomic mass is 32.2. The van der Waals surface area contributed by atoms with Crippen molar-refractivity contribution in [1.82, 2.24) is 15.0 Å². The van der Waals surface area contributed by atoms with Gasteiger partial charge in [0, 0.05) is 28.3 Å². The Morgan fingerprint density at radius 1 is 1.00 bits per heavy atom. The smallest absolute Gasteiger partial charge is 0.230 e. The highest BCUT2D eigenvalue weighted by Crippen LogP contribution is 2.38. The molecular formula is C25H20N4OS3. The fourth-order valence-electron chi connectivity index (χ4n) is 3.46.